The largest absolute Gasteiger partial charge is 0.459 e. The van der Waals surface area contributed by atoms with E-state index in [4.69, 9.17) is 18.9 Å². The second kappa shape index (κ2) is 22.6. The number of Topliss-reactive ketones (excluding diaryl/α,β-unsaturated/α-hetero) is 4. The van der Waals surface area contributed by atoms with Crippen molar-refractivity contribution in [3.8, 4) is 19.5 Å². The van der Waals surface area contributed by atoms with Gasteiger partial charge in [0.1, 0.15) is 26.4 Å². The third kappa shape index (κ3) is 9.68. The van der Waals surface area contributed by atoms with E-state index in [1.54, 1.807) is 121 Å². The molecule has 5 aliphatic rings. The number of hydrogen-bond acceptors (Lipinski definition) is 16. The molecule has 92 heavy (non-hydrogen) atoms. The molecular weight excluding hydrogens is 1280 g/mol. The summed E-state index contributed by atoms with van der Waals surface area (Å²) in [6.07, 6.45) is -4.34. The van der Waals surface area contributed by atoms with Crippen LogP contribution in [0.3, 0.4) is 0 Å². The summed E-state index contributed by atoms with van der Waals surface area (Å²) in [6, 6.07) is 39.6. The molecule has 14 rings (SSSR count). The molecule has 0 radical (unpaired) electrons. The van der Waals surface area contributed by atoms with Gasteiger partial charge in [-0.15, -0.1) is 45.3 Å². The van der Waals surface area contributed by atoms with Crippen LogP contribution in [0.4, 0.5) is 26.3 Å². The number of alkyl halides is 6. The summed E-state index contributed by atoms with van der Waals surface area (Å²) in [5, 5.41) is 0. The number of carbonyl (C=O) groups is 8. The van der Waals surface area contributed by atoms with Crippen LogP contribution in [-0.4, -0.2) is 53.2 Å². The molecule has 4 aromatic heterocycles. The minimum absolute atomic E-state index is 0.0103. The average molecular weight is 1320 g/mol. The molecule has 1 fully saturated rings. The first kappa shape index (κ1) is 59.9. The maximum absolute atomic E-state index is 15.9. The van der Waals surface area contributed by atoms with Gasteiger partial charge in [0.15, 0.2) is 0 Å². The standard InChI is InChI=1S/C70H40F6O12S4/c71-69(72,73)39-21-23-43-45(25-39)53(77)55(79)47(43)27-41-29-49-57(89-41)59-51(67(49,63(81)85-31-35-13-5-1-6-14-35)64(82)86-32-36-15-7-2-8-16-36)61-62(91-59)52-60(92-61)58-50(30-42(90-58)28-48-44-24-22-40(70(74,75)76)26-46(44)54(78)56(48)80)68(52,65(83)87-33-37-17-9-3-10-18-37)66(84)88-34-38-19-11-4-12-20-38/h1-30,43,45H,31-34H2/b47-27-,48-28-. The summed E-state index contributed by atoms with van der Waals surface area (Å²) in [5.74, 6) is -11.5. The zero-order valence-corrected chi connectivity index (χ0v) is 50.4. The number of fused-ring (bicyclic) bond motifs is 11. The molecule has 4 heterocycles. The van der Waals surface area contributed by atoms with E-state index in [2.05, 4.69) is 0 Å². The summed E-state index contributed by atoms with van der Waals surface area (Å²) >= 11 is 3.96. The van der Waals surface area contributed by atoms with E-state index in [0.717, 1.165) is 75.7 Å². The highest BCUT2D eigenvalue weighted by Crippen LogP contribution is 2.67. The Labute approximate surface area is 533 Å². The van der Waals surface area contributed by atoms with Crippen LogP contribution in [0.2, 0.25) is 0 Å². The molecule has 1 saturated carbocycles. The predicted octanol–water partition coefficient (Wildman–Crippen LogP) is 14.7. The molecule has 12 nitrogen and oxygen atoms in total. The number of benzene rings is 5. The molecule has 0 bridgehead atoms. The van der Waals surface area contributed by atoms with E-state index in [0.29, 0.717) is 28.3 Å². The van der Waals surface area contributed by atoms with Gasteiger partial charge >= 0.3 is 36.2 Å². The molecule has 0 saturated heterocycles. The van der Waals surface area contributed by atoms with Gasteiger partial charge in [-0.2, -0.15) is 26.3 Å². The Kier molecular flexibility index (Phi) is 14.7. The summed E-state index contributed by atoms with van der Waals surface area (Å²) < 4.78 is 109. The molecule has 2 unspecified atom stereocenters. The maximum atomic E-state index is 15.9. The summed E-state index contributed by atoms with van der Waals surface area (Å²) in [5.41, 5.74) is -6.14. The average Bonchev–Trinajstić information content (AvgIpc) is 1.49. The van der Waals surface area contributed by atoms with Crippen LogP contribution < -0.4 is 0 Å². The fourth-order valence-electron chi connectivity index (χ4n) is 12.4. The first-order valence-electron chi connectivity index (χ1n) is 28.2. The second-order valence-corrected chi connectivity index (χ2v) is 26.3. The highest BCUT2D eigenvalue weighted by Gasteiger charge is 2.65. The Morgan fingerprint density at radius 1 is 0.457 bits per heavy atom. The SMILES string of the molecule is O=C1C(=O)c2cc(C(F)(F)F)ccc2/C1=C/c1cc2c(s1)-c1sc3c4c(sc3c1C2(C(=O)OCc1ccccc1)C(=O)OCc1ccccc1)-c1sc(/C=C2\C(=O)C(=O)C3C=C(C(F)(F)F)C=CC23)cc1C4(C(=O)OCc1ccccc1)C(=O)OCc1ccccc1. The Balaban J connectivity index is 1.00. The van der Waals surface area contributed by atoms with Crippen molar-refractivity contribution in [3.05, 3.63) is 252 Å². The number of thiophene rings is 4. The van der Waals surface area contributed by atoms with Crippen LogP contribution in [0.15, 0.2) is 181 Å². The molecule has 0 amide bonds. The number of rotatable bonds is 14. The topological polar surface area (TPSA) is 173 Å². The smallest absolute Gasteiger partial charge is 0.416 e. The fourth-order valence-corrected chi connectivity index (χ4v) is 18.1. The zero-order chi connectivity index (χ0) is 64.2. The van der Waals surface area contributed by atoms with Gasteiger partial charge in [-0.25, -0.2) is 0 Å². The van der Waals surface area contributed by atoms with Gasteiger partial charge in [0, 0.05) is 54.6 Å². The lowest BCUT2D eigenvalue weighted by molar-refractivity contribution is -0.166. The second-order valence-electron chi connectivity index (χ2n) is 22.1. The van der Waals surface area contributed by atoms with Crippen molar-refractivity contribution in [1.82, 2.24) is 0 Å². The number of ether oxygens (including phenoxy) is 4. The monoisotopic (exact) mass is 1310 g/mol. The van der Waals surface area contributed by atoms with Crippen molar-refractivity contribution in [2.75, 3.05) is 0 Å². The number of halogens is 6. The molecule has 458 valence electrons. The number of esters is 4. The summed E-state index contributed by atoms with van der Waals surface area (Å²) in [7, 11) is 0. The third-order valence-electron chi connectivity index (χ3n) is 16.7. The lowest BCUT2D eigenvalue weighted by Crippen LogP contribution is -2.46. The predicted molar refractivity (Wildman–Crippen MR) is 330 cm³/mol. The van der Waals surface area contributed by atoms with Crippen molar-refractivity contribution in [1.29, 1.82) is 0 Å². The van der Waals surface area contributed by atoms with E-state index in [1.807, 2.05) is 0 Å². The first-order valence-corrected chi connectivity index (χ1v) is 31.5. The van der Waals surface area contributed by atoms with E-state index in [-0.39, 0.29) is 104 Å². The maximum Gasteiger partial charge on any atom is 0.416 e. The quantitative estimate of drug-likeness (QED) is 0.0252. The Hall–Kier alpha value is -9.74. The molecular formula is C70H40F6O12S4. The number of hydrogen-bond donors (Lipinski definition) is 0. The van der Waals surface area contributed by atoms with Gasteiger partial charge in [0.05, 0.1) is 46.0 Å². The molecule has 0 aliphatic heterocycles. The normalized spacial score (nSPS) is 18.1. The lowest BCUT2D eigenvalue weighted by atomic mass is 9.77. The highest BCUT2D eigenvalue weighted by atomic mass is 32.1. The molecule has 5 aliphatic carbocycles. The zero-order valence-electron chi connectivity index (χ0n) is 47.1. The lowest BCUT2D eigenvalue weighted by Gasteiger charge is -2.27. The van der Waals surface area contributed by atoms with Crippen LogP contribution in [0.5, 0.6) is 0 Å². The van der Waals surface area contributed by atoms with Crippen molar-refractivity contribution in [2.45, 2.75) is 49.6 Å². The van der Waals surface area contributed by atoms with Crippen LogP contribution in [0.25, 0.3) is 46.6 Å². The molecule has 0 spiro atoms. The molecule has 0 N–H and O–H groups in total. The van der Waals surface area contributed by atoms with Crippen LogP contribution in [0, 0.1) is 11.8 Å². The van der Waals surface area contributed by atoms with Crippen LogP contribution in [0.1, 0.15) is 75.7 Å². The molecule has 5 aromatic carbocycles. The molecule has 2 atom stereocenters. The highest BCUT2D eigenvalue weighted by molar-refractivity contribution is 7.34. The van der Waals surface area contributed by atoms with E-state index in [1.165, 1.54) is 24.3 Å². The van der Waals surface area contributed by atoms with Crippen molar-refractivity contribution >= 4 is 119 Å². The van der Waals surface area contributed by atoms with Gasteiger partial charge in [0.25, 0.3) is 0 Å². The fraction of sp³-hybridized carbons (Fsp3) is 0.143. The van der Waals surface area contributed by atoms with E-state index >= 15 is 19.2 Å². The van der Waals surface area contributed by atoms with Crippen LogP contribution in [-0.2, 0) is 95.9 Å². The molecule has 22 heteroatoms. The summed E-state index contributed by atoms with van der Waals surface area (Å²) in [6.45, 7) is -1.47. The molecule has 9 aromatic rings. The first-order chi connectivity index (χ1) is 44.2. The van der Waals surface area contributed by atoms with Gasteiger partial charge in [-0.1, -0.05) is 146 Å². The third-order valence-corrected chi connectivity index (χ3v) is 21.7. The Morgan fingerprint density at radius 3 is 1.29 bits per heavy atom. The van der Waals surface area contributed by atoms with Crippen molar-refractivity contribution < 1.29 is 83.6 Å². The van der Waals surface area contributed by atoms with Gasteiger partial charge in [-0.05, 0) is 64.2 Å². The van der Waals surface area contributed by atoms with Gasteiger partial charge < -0.3 is 18.9 Å². The number of carbonyl (C=O) groups excluding carboxylic acids is 8. The minimum atomic E-state index is -4.84. The number of ketones is 4. The van der Waals surface area contributed by atoms with E-state index in [9.17, 15) is 45.5 Å². The Morgan fingerprint density at radius 2 is 0.880 bits per heavy atom. The number of allylic oxidation sites excluding steroid dienone is 6. The van der Waals surface area contributed by atoms with Gasteiger partial charge in [-0.3, -0.25) is 38.4 Å². The summed E-state index contributed by atoms with van der Waals surface area (Å²) in [4.78, 5) is 120. The van der Waals surface area contributed by atoms with Crippen molar-refractivity contribution in [3.63, 3.8) is 0 Å². The van der Waals surface area contributed by atoms with Gasteiger partial charge in [0.2, 0.25) is 34.0 Å². The van der Waals surface area contributed by atoms with Crippen molar-refractivity contribution in [2.24, 2.45) is 11.8 Å². The van der Waals surface area contributed by atoms with Crippen LogP contribution >= 0.6 is 45.3 Å². The van der Waals surface area contributed by atoms with E-state index < -0.39 is 98.7 Å². The minimum Gasteiger partial charge on any atom is -0.459 e. The Bertz CT molecular complexity index is 4680.